The summed E-state index contributed by atoms with van der Waals surface area (Å²) in [5.41, 5.74) is 51.6. The monoisotopic (exact) mass is 1880 g/mol. The fourth-order valence-electron chi connectivity index (χ4n) is 24.9. The van der Waals surface area contributed by atoms with E-state index in [9.17, 15) is 0 Å². The van der Waals surface area contributed by atoms with Gasteiger partial charge < -0.3 is 19.6 Å². The second kappa shape index (κ2) is 35.0. The van der Waals surface area contributed by atoms with Crippen molar-refractivity contribution in [3.8, 4) is 111 Å². The normalized spacial score (nSPS) is 14.1. The first-order chi connectivity index (χ1) is 71.6. The molecule has 0 fully saturated rings. The summed E-state index contributed by atoms with van der Waals surface area (Å²) < 4.78 is 0. The number of rotatable bonds is 17. The zero-order chi connectivity index (χ0) is 99.4. The highest BCUT2D eigenvalue weighted by Crippen LogP contribution is 2.60. The first-order valence-electron chi connectivity index (χ1n) is 51.8. The Balaban J connectivity index is 0.000000150. The van der Waals surface area contributed by atoms with Crippen molar-refractivity contribution >= 4 is 89.8 Å². The van der Waals surface area contributed by atoms with Crippen molar-refractivity contribution in [2.24, 2.45) is 0 Å². The van der Waals surface area contributed by atoms with Crippen LogP contribution in [0, 0.1) is 0 Å². The van der Waals surface area contributed by atoms with Crippen LogP contribution in [0.4, 0.5) is 68.2 Å². The van der Waals surface area contributed by atoms with Gasteiger partial charge in [-0.15, -0.1) is 0 Å². The highest BCUT2D eigenvalue weighted by Gasteiger charge is 2.43. The Labute approximate surface area is 863 Å². The maximum atomic E-state index is 2.53. The third kappa shape index (κ3) is 15.2. The molecule has 0 saturated heterocycles. The van der Waals surface area contributed by atoms with Gasteiger partial charge in [-0.25, -0.2) is 0 Å². The Morgan fingerprint density at radius 1 is 0.109 bits per heavy atom. The Hall–Kier alpha value is -17.4. The molecule has 0 atom stereocenters. The molecule has 0 aliphatic heterocycles. The first-order valence-corrected chi connectivity index (χ1v) is 51.8. The van der Waals surface area contributed by atoms with Crippen LogP contribution in [0.2, 0.25) is 0 Å². The molecule has 0 saturated carbocycles. The van der Waals surface area contributed by atoms with Crippen molar-refractivity contribution < 1.29 is 0 Å². The molecule has 0 unspecified atom stereocenters. The maximum Gasteiger partial charge on any atom is 0.0465 e. The van der Waals surface area contributed by atoms with Crippen LogP contribution in [0.5, 0.6) is 0 Å². The molecule has 0 aromatic heterocycles. The standard InChI is InChI=1S/C75H64N2.C68H48N2/c1-71(2)61-23-15-11-19-51(61)55-33-27-45(39-65(55)71)76(46-28-34-56-52-20-12-16-24-62(52)72(3,4)66(56)40-46)49-31-37-59-60-38-32-50(44-70(60)75(9,10)69(59)43-49)77(47-29-35-57-53-21-13-17-25-63(53)73(5,6)67(57)41-47)48-30-36-58-54-22-14-18-26-64(54)74(7,8)68(58)42-48;1-3-11-49(12-4-1)53-23-35-63(36-24-53)69(67-43-31-57(32-44-67)61-21-19-51-15-7-9-17-59(51)47-61)65-39-27-55(28-40-65)56-29-41-66(42-30-56)70(64-37-25-54(26-38-64)50-13-5-2-6-14-50)68-45-33-58(34-46-68)62-22-20-52-16-8-10-18-60(52)48-62/h11-44H,1-10H3;1-48H. The minimum Gasteiger partial charge on any atom is -0.311 e. The Morgan fingerprint density at radius 3 is 0.497 bits per heavy atom. The van der Waals surface area contributed by atoms with Gasteiger partial charge in [0.25, 0.3) is 0 Å². The van der Waals surface area contributed by atoms with Gasteiger partial charge in [0.05, 0.1) is 0 Å². The Morgan fingerprint density at radius 2 is 0.265 bits per heavy atom. The number of hydrogen-bond acceptors (Lipinski definition) is 4. The van der Waals surface area contributed by atoms with Gasteiger partial charge in [0, 0.05) is 95.3 Å². The van der Waals surface area contributed by atoms with Crippen LogP contribution >= 0.6 is 0 Å². The second-order valence-corrected chi connectivity index (χ2v) is 43.2. The van der Waals surface area contributed by atoms with Crippen LogP contribution in [-0.4, -0.2) is 0 Å². The summed E-state index contributed by atoms with van der Waals surface area (Å²) in [5.74, 6) is 0. The molecule has 5 aliphatic carbocycles. The van der Waals surface area contributed by atoms with E-state index in [1.54, 1.807) is 0 Å². The van der Waals surface area contributed by atoms with Crippen LogP contribution in [0.1, 0.15) is 125 Å². The molecule has 4 heteroatoms. The molecule has 147 heavy (non-hydrogen) atoms. The lowest BCUT2D eigenvalue weighted by Gasteiger charge is -2.31. The average molecular weight is 1890 g/mol. The van der Waals surface area contributed by atoms with E-state index < -0.39 is 0 Å². The molecule has 22 aromatic carbocycles. The van der Waals surface area contributed by atoms with Gasteiger partial charge in [-0.2, -0.15) is 0 Å². The van der Waals surface area contributed by atoms with Gasteiger partial charge in [0.15, 0.2) is 0 Å². The lowest BCUT2D eigenvalue weighted by molar-refractivity contribution is 0.659. The molecule has 5 aliphatic rings. The van der Waals surface area contributed by atoms with Crippen molar-refractivity contribution in [1.82, 2.24) is 0 Å². The molecule has 0 spiro atoms. The molecule has 27 rings (SSSR count). The van der Waals surface area contributed by atoms with Crippen LogP contribution in [0.3, 0.4) is 0 Å². The van der Waals surface area contributed by atoms with Crippen molar-refractivity contribution in [2.45, 2.75) is 96.3 Å². The first kappa shape index (κ1) is 89.6. The third-order valence-electron chi connectivity index (χ3n) is 32.9. The highest BCUT2D eigenvalue weighted by atomic mass is 15.2. The molecule has 0 amide bonds. The van der Waals surface area contributed by atoms with E-state index in [0.29, 0.717) is 0 Å². The summed E-state index contributed by atoms with van der Waals surface area (Å²) >= 11 is 0. The number of hydrogen-bond donors (Lipinski definition) is 0. The largest absolute Gasteiger partial charge is 0.311 e. The van der Waals surface area contributed by atoms with Crippen molar-refractivity contribution in [3.05, 3.63) is 553 Å². The quantitative estimate of drug-likeness (QED) is 0.0901. The molecule has 704 valence electrons. The summed E-state index contributed by atoms with van der Waals surface area (Å²) in [7, 11) is 0. The molecule has 0 heterocycles. The van der Waals surface area contributed by atoms with Crippen LogP contribution in [0.25, 0.3) is 133 Å². The summed E-state index contributed by atoms with van der Waals surface area (Å²) in [6.07, 6.45) is 0. The molecule has 0 N–H and O–H groups in total. The van der Waals surface area contributed by atoms with Crippen LogP contribution < -0.4 is 19.6 Å². The predicted octanol–water partition coefficient (Wildman–Crippen LogP) is 39.4. The molecule has 22 aromatic rings. The minimum atomic E-state index is -0.305. The van der Waals surface area contributed by atoms with E-state index >= 15 is 0 Å². The zero-order valence-corrected chi connectivity index (χ0v) is 84.6. The lowest BCUT2D eigenvalue weighted by atomic mass is 9.81. The maximum absolute atomic E-state index is 2.53. The third-order valence-corrected chi connectivity index (χ3v) is 32.9. The SMILES string of the molecule is CC1(C)c2ccccc2-c2ccc(N(c3ccc4c(c3)C(C)(C)c3ccccc3-4)c3ccc4c(c3)C(C)(C)c3cc(N(c5ccc6c(c5)C(C)(C)c5ccccc5-6)c5ccc6c(c5)C(C)(C)c5ccccc5-6)ccc3-4)cc21.c1ccc(-c2ccc(N(c3ccc(-c4ccc(N(c5ccc(-c6ccccc6)cc5)c5ccc(-c6ccc7ccccc7c6)cc5)cc4)cc3)c3ccc(-c4ccc5ccccc5c4)cc3)cc2)cc1. The minimum absolute atomic E-state index is 0.135. The summed E-state index contributed by atoms with van der Waals surface area (Å²) in [5, 5.41) is 4.98. The lowest BCUT2D eigenvalue weighted by Crippen LogP contribution is -2.19. The fourth-order valence-corrected chi connectivity index (χ4v) is 24.9. The van der Waals surface area contributed by atoms with Gasteiger partial charge in [-0.05, 0) is 346 Å². The van der Waals surface area contributed by atoms with Crippen molar-refractivity contribution in [1.29, 1.82) is 0 Å². The average Bonchev–Trinajstić information content (AvgIpc) is 1.56. The number of fused-ring (bicyclic) bond motifs is 17. The van der Waals surface area contributed by atoms with Crippen molar-refractivity contribution in [2.75, 3.05) is 19.6 Å². The van der Waals surface area contributed by atoms with E-state index in [4.69, 9.17) is 0 Å². The number of benzene rings is 22. The van der Waals surface area contributed by atoms with Gasteiger partial charge in [0.2, 0.25) is 0 Å². The second-order valence-electron chi connectivity index (χ2n) is 43.2. The van der Waals surface area contributed by atoms with Crippen LogP contribution in [0.15, 0.2) is 497 Å². The number of anilines is 12. The van der Waals surface area contributed by atoms with E-state index in [0.717, 1.165) is 56.6 Å². The number of nitrogens with zero attached hydrogens (tertiary/aromatic N) is 4. The van der Waals surface area contributed by atoms with Gasteiger partial charge in [-0.3, -0.25) is 0 Å². The Bertz CT molecular complexity index is 8220. The Kier molecular flexibility index (Phi) is 21.3. The summed E-state index contributed by atoms with van der Waals surface area (Å²) in [6, 6.07) is 185. The summed E-state index contributed by atoms with van der Waals surface area (Å²) in [4.78, 5) is 9.76. The van der Waals surface area contributed by atoms with E-state index in [-0.39, 0.29) is 27.1 Å². The molecule has 4 nitrogen and oxygen atoms in total. The van der Waals surface area contributed by atoms with Crippen molar-refractivity contribution in [3.63, 3.8) is 0 Å². The predicted molar refractivity (Wildman–Crippen MR) is 622 cm³/mol. The summed E-state index contributed by atoms with van der Waals surface area (Å²) in [6.45, 7) is 24.0. The van der Waals surface area contributed by atoms with Crippen LogP contribution in [-0.2, 0) is 27.1 Å². The van der Waals surface area contributed by atoms with E-state index in [2.05, 4.69) is 586 Å². The van der Waals surface area contributed by atoms with Gasteiger partial charge in [0.1, 0.15) is 0 Å². The van der Waals surface area contributed by atoms with Gasteiger partial charge >= 0.3 is 0 Å². The highest BCUT2D eigenvalue weighted by molar-refractivity contribution is 5.97. The van der Waals surface area contributed by atoms with E-state index in [1.807, 2.05) is 0 Å². The molecule has 0 radical (unpaired) electrons. The molecular weight excluding hydrogens is 1770 g/mol. The fraction of sp³-hybridized carbons (Fsp3) is 0.105. The zero-order valence-electron chi connectivity index (χ0n) is 84.6. The topological polar surface area (TPSA) is 13.0 Å². The van der Waals surface area contributed by atoms with E-state index in [1.165, 1.54) is 200 Å². The molecule has 0 bridgehead atoms. The smallest absolute Gasteiger partial charge is 0.0465 e. The molecular formula is C143H112N4. The van der Waals surface area contributed by atoms with Gasteiger partial charge in [-0.1, -0.05) is 409 Å².